The van der Waals surface area contributed by atoms with E-state index in [1.807, 2.05) is 13.0 Å². The number of hydrogen-bond acceptors (Lipinski definition) is 2. The third kappa shape index (κ3) is 0.932. The molecule has 3 nitrogen and oxygen atoms in total. The summed E-state index contributed by atoms with van der Waals surface area (Å²) in [4.78, 5) is 10.7. The van der Waals surface area contributed by atoms with Crippen LogP contribution in [0.2, 0.25) is 0 Å². The minimum atomic E-state index is -0.741. The molecule has 0 spiro atoms. The summed E-state index contributed by atoms with van der Waals surface area (Å²) in [6, 6.07) is 1.83. The summed E-state index contributed by atoms with van der Waals surface area (Å²) in [5.41, 5.74) is 0.875. The van der Waals surface area contributed by atoms with Crippen molar-refractivity contribution in [3.63, 3.8) is 0 Å². The van der Waals surface area contributed by atoms with Crippen LogP contribution in [0.25, 0.3) is 0 Å². The van der Waals surface area contributed by atoms with Gasteiger partial charge in [-0.3, -0.25) is 4.79 Å². The van der Waals surface area contributed by atoms with E-state index in [-0.39, 0.29) is 5.92 Å². The number of carboxylic acids is 1. The van der Waals surface area contributed by atoms with Gasteiger partial charge >= 0.3 is 5.97 Å². The van der Waals surface area contributed by atoms with Gasteiger partial charge in [-0.25, -0.2) is 0 Å². The van der Waals surface area contributed by atoms with E-state index in [0.717, 1.165) is 23.5 Å². The van der Waals surface area contributed by atoms with Gasteiger partial charge in [-0.2, -0.15) is 0 Å². The monoisotopic (exact) mass is 166 g/mol. The van der Waals surface area contributed by atoms with E-state index in [4.69, 9.17) is 9.52 Å². The van der Waals surface area contributed by atoms with Crippen molar-refractivity contribution >= 4 is 5.97 Å². The Balaban J connectivity index is 2.41. The Kier molecular flexibility index (Phi) is 1.46. The molecule has 1 atom stereocenters. The van der Waals surface area contributed by atoms with E-state index in [1.165, 1.54) is 0 Å². The van der Waals surface area contributed by atoms with Crippen molar-refractivity contribution in [1.29, 1.82) is 0 Å². The number of aryl methyl sites for hydroxylation is 2. The SMILES string of the molecule is Cc1cc2c(o1)CCC2C(=O)O. The van der Waals surface area contributed by atoms with Crippen LogP contribution >= 0.6 is 0 Å². The van der Waals surface area contributed by atoms with E-state index in [9.17, 15) is 4.79 Å². The number of aliphatic carboxylic acids is 1. The van der Waals surface area contributed by atoms with Gasteiger partial charge in [0, 0.05) is 12.0 Å². The van der Waals surface area contributed by atoms with Crippen LogP contribution in [0.5, 0.6) is 0 Å². The topological polar surface area (TPSA) is 50.4 Å². The lowest BCUT2D eigenvalue weighted by Gasteiger charge is -2.00. The molecule has 1 aromatic heterocycles. The van der Waals surface area contributed by atoms with Crippen LogP contribution in [0.4, 0.5) is 0 Å². The Morgan fingerprint density at radius 3 is 3.17 bits per heavy atom. The number of furan rings is 1. The Morgan fingerprint density at radius 1 is 1.75 bits per heavy atom. The summed E-state index contributed by atoms with van der Waals surface area (Å²) in [5.74, 6) is 0.595. The molecule has 0 fully saturated rings. The van der Waals surface area contributed by atoms with Gasteiger partial charge in [0.25, 0.3) is 0 Å². The van der Waals surface area contributed by atoms with E-state index in [2.05, 4.69) is 0 Å². The first-order chi connectivity index (χ1) is 5.68. The van der Waals surface area contributed by atoms with Crippen LogP contribution in [-0.2, 0) is 11.2 Å². The second-order valence-electron chi connectivity index (χ2n) is 3.17. The van der Waals surface area contributed by atoms with Crippen molar-refractivity contribution in [1.82, 2.24) is 0 Å². The predicted octanol–water partition coefficient (Wildman–Crippen LogP) is 1.70. The number of fused-ring (bicyclic) bond motifs is 1. The highest BCUT2D eigenvalue weighted by molar-refractivity contribution is 5.77. The van der Waals surface area contributed by atoms with Crippen molar-refractivity contribution in [2.45, 2.75) is 25.7 Å². The van der Waals surface area contributed by atoms with Crippen molar-refractivity contribution in [2.75, 3.05) is 0 Å². The second-order valence-corrected chi connectivity index (χ2v) is 3.17. The fraction of sp³-hybridized carbons (Fsp3) is 0.444. The van der Waals surface area contributed by atoms with Crippen molar-refractivity contribution < 1.29 is 14.3 Å². The number of carbonyl (C=O) groups is 1. The maximum atomic E-state index is 10.7. The number of hydrogen-bond donors (Lipinski definition) is 1. The van der Waals surface area contributed by atoms with Crippen LogP contribution in [0.1, 0.15) is 29.4 Å². The first-order valence-corrected chi connectivity index (χ1v) is 4.00. The average molecular weight is 166 g/mol. The minimum Gasteiger partial charge on any atom is -0.481 e. The first-order valence-electron chi connectivity index (χ1n) is 4.00. The van der Waals surface area contributed by atoms with Gasteiger partial charge in [-0.15, -0.1) is 0 Å². The number of carboxylic acid groups (broad SMARTS) is 1. The third-order valence-electron chi connectivity index (χ3n) is 2.30. The van der Waals surface area contributed by atoms with Gasteiger partial charge in [0.15, 0.2) is 0 Å². The van der Waals surface area contributed by atoms with E-state index < -0.39 is 5.97 Å². The zero-order valence-electron chi connectivity index (χ0n) is 6.83. The molecular weight excluding hydrogens is 156 g/mol. The lowest BCUT2D eigenvalue weighted by molar-refractivity contribution is -0.138. The molecule has 3 heteroatoms. The fourth-order valence-corrected chi connectivity index (χ4v) is 1.76. The summed E-state index contributed by atoms with van der Waals surface area (Å²) in [5, 5.41) is 8.83. The normalized spacial score (nSPS) is 20.9. The zero-order valence-corrected chi connectivity index (χ0v) is 6.83. The summed E-state index contributed by atoms with van der Waals surface area (Å²) in [6.07, 6.45) is 1.45. The molecule has 1 N–H and O–H groups in total. The molecule has 0 saturated carbocycles. The van der Waals surface area contributed by atoms with Crippen molar-refractivity contribution in [3.05, 3.63) is 23.2 Å². The predicted molar refractivity (Wildman–Crippen MR) is 42.1 cm³/mol. The van der Waals surface area contributed by atoms with Gasteiger partial charge in [0.05, 0.1) is 5.92 Å². The third-order valence-corrected chi connectivity index (χ3v) is 2.30. The summed E-state index contributed by atoms with van der Waals surface area (Å²) in [6.45, 7) is 1.84. The Morgan fingerprint density at radius 2 is 2.50 bits per heavy atom. The number of rotatable bonds is 1. The van der Waals surface area contributed by atoms with Crippen LogP contribution in [0.15, 0.2) is 10.5 Å². The van der Waals surface area contributed by atoms with Gasteiger partial charge in [-0.1, -0.05) is 0 Å². The highest BCUT2D eigenvalue weighted by Crippen LogP contribution is 2.35. The zero-order chi connectivity index (χ0) is 8.72. The van der Waals surface area contributed by atoms with Crippen LogP contribution in [0.3, 0.4) is 0 Å². The molecule has 1 aliphatic rings. The van der Waals surface area contributed by atoms with Gasteiger partial charge < -0.3 is 9.52 Å². The maximum Gasteiger partial charge on any atom is 0.311 e. The molecular formula is C9H10O3. The Bertz CT molecular complexity index is 325. The van der Waals surface area contributed by atoms with Gasteiger partial charge in [-0.05, 0) is 19.4 Å². The minimum absolute atomic E-state index is 0.336. The standard InChI is InChI=1S/C9H10O3/c1-5-4-7-6(9(10)11)2-3-8(7)12-5/h4,6H,2-3H2,1H3,(H,10,11). The van der Waals surface area contributed by atoms with E-state index in [1.54, 1.807) is 0 Å². The Hall–Kier alpha value is -1.25. The van der Waals surface area contributed by atoms with Gasteiger partial charge in [0.2, 0.25) is 0 Å². The molecule has 0 radical (unpaired) electrons. The first kappa shape index (κ1) is 7.40. The highest BCUT2D eigenvalue weighted by atomic mass is 16.4. The molecule has 1 heterocycles. The molecule has 1 unspecified atom stereocenters. The lowest BCUT2D eigenvalue weighted by Crippen LogP contribution is -2.06. The molecule has 2 rings (SSSR count). The molecule has 1 aromatic rings. The van der Waals surface area contributed by atoms with Crippen molar-refractivity contribution in [3.8, 4) is 0 Å². The summed E-state index contributed by atoms with van der Waals surface area (Å²) >= 11 is 0. The molecule has 64 valence electrons. The highest BCUT2D eigenvalue weighted by Gasteiger charge is 2.31. The molecule has 0 saturated heterocycles. The van der Waals surface area contributed by atoms with Crippen molar-refractivity contribution in [2.24, 2.45) is 0 Å². The average Bonchev–Trinajstić information content (AvgIpc) is 2.43. The second kappa shape index (κ2) is 2.37. The molecule has 12 heavy (non-hydrogen) atoms. The Labute approximate surface area is 70.0 Å². The lowest BCUT2D eigenvalue weighted by atomic mass is 10.0. The fourth-order valence-electron chi connectivity index (χ4n) is 1.76. The quantitative estimate of drug-likeness (QED) is 0.690. The summed E-state index contributed by atoms with van der Waals surface area (Å²) in [7, 11) is 0. The molecule has 1 aliphatic carbocycles. The smallest absolute Gasteiger partial charge is 0.311 e. The molecule has 0 aliphatic heterocycles. The van der Waals surface area contributed by atoms with Crippen LogP contribution in [0, 0.1) is 6.92 Å². The summed E-state index contributed by atoms with van der Waals surface area (Å²) < 4.78 is 5.34. The molecule has 0 aromatic carbocycles. The molecule has 0 bridgehead atoms. The maximum absolute atomic E-state index is 10.7. The van der Waals surface area contributed by atoms with Crippen LogP contribution < -0.4 is 0 Å². The van der Waals surface area contributed by atoms with Gasteiger partial charge in [0.1, 0.15) is 11.5 Å². The van der Waals surface area contributed by atoms with E-state index in [0.29, 0.717) is 6.42 Å². The van der Waals surface area contributed by atoms with Crippen LogP contribution in [-0.4, -0.2) is 11.1 Å². The largest absolute Gasteiger partial charge is 0.481 e. The van der Waals surface area contributed by atoms with E-state index >= 15 is 0 Å². The molecule has 0 amide bonds.